The van der Waals surface area contributed by atoms with Gasteiger partial charge in [-0.3, -0.25) is 14.5 Å². The van der Waals surface area contributed by atoms with E-state index < -0.39 is 0 Å². The van der Waals surface area contributed by atoms with Crippen molar-refractivity contribution in [2.45, 2.75) is 6.92 Å². The molecule has 1 saturated heterocycles. The Bertz CT molecular complexity index is 993. The van der Waals surface area contributed by atoms with Crippen LogP contribution in [-0.4, -0.2) is 42.4 Å². The first kappa shape index (κ1) is 23.0. The number of rotatable bonds is 10. The molecule has 1 fully saturated rings. The molecule has 8 heteroatoms. The third-order valence-corrected chi connectivity index (χ3v) is 5.67. The van der Waals surface area contributed by atoms with Gasteiger partial charge in [-0.05, 0) is 70.5 Å². The summed E-state index contributed by atoms with van der Waals surface area (Å²) in [7, 11) is 0. The Morgan fingerprint density at radius 3 is 2.61 bits per heavy atom. The summed E-state index contributed by atoms with van der Waals surface area (Å²) in [6, 6.07) is 12.9. The molecule has 0 bridgehead atoms. The molecule has 0 aliphatic carbocycles. The summed E-state index contributed by atoms with van der Waals surface area (Å²) in [5.74, 6) is 1.45. The van der Waals surface area contributed by atoms with Crippen molar-refractivity contribution in [2.75, 3.05) is 26.4 Å². The minimum absolute atomic E-state index is 0.180. The van der Waals surface area contributed by atoms with Crippen molar-refractivity contribution < 1.29 is 23.8 Å². The standard InChI is InChI=1S/C23H22BrNO5S/c1-3-11-30-21-18(24)13-16(14-19(21)28-4-2)15-20-22(26)25(23(27)31-20)10-12-29-17-8-6-5-7-9-17/h3,5-9,13-15H,1,4,10-12H2,2H3/b20-15-. The summed E-state index contributed by atoms with van der Waals surface area (Å²) < 4.78 is 17.6. The number of imide groups is 1. The van der Waals surface area contributed by atoms with Gasteiger partial charge in [0, 0.05) is 0 Å². The van der Waals surface area contributed by atoms with E-state index in [4.69, 9.17) is 14.2 Å². The molecule has 6 nitrogen and oxygen atoms in total. The van der Waals surface area contributed by atoms with Crippen molar-refractivity contribution in [3.05, 3.63) is 70.1 Å². The Morgan fingerprint density at radius 1 is 1.13 bits per heavy atom. The maximum atomic E-state index is 12.7. The van der Waals surface area contributed by atoms with Crippen LogP contribution in [0.3, 0.4) is 0 Å². The second-order valence-corrected chi connectivity index (χ2v) is 8.21. The first-order valence-corrected chi connectivity index (χ1v) is 11.3. The number of amides is 2. The van der Waals surface area contributed by atoms with Crippen LogP contribution in [0.2, 0.25) is 0 Å². The van der Waals surface area contributed by atoms with Crippen molar-refractivity contribution in [3.8, 4) is 17.2 Å². The van der Waals surface area contributed by atoms with Crippen molar-refractivity contribution in [2.24, 2.45) is 0 Å². The first-order chi connectivity index (χ1) is 15.0. The van der Waals surface area contributed by atoms with Gasteiger partial charge in [0.2, 0.25) is 0 Å². The average molecular weight is 504 g/mol. The predicted octanol–water partition coefficient (Wildman–Crippen LogP) is 5.53. The van der Waals surface area contributed by atoms with Crippen LogP contribution >= 0.6 is 27.7 Å². The Hall–Kier alpha value is -2.71. The monoisotopic (exact) mass is 503 g/mol. The van der Waals surface area contributed by atoms with E-state index in [0.717, 1.165) is 11.8 Å². The van der Waals surface area contributed by atoms with Crippen molar-refractivity contribution >= 4 is 44.9 Å². The second kappa shape index (κ2) is 11.1. The fourth-order valence-electron chi connectivity index (χ4n) is 2.83. The largest absolute Gasteiger partial charge is 0.492 e. The van der Waals surface area contributed by atoms with Gasteiger partial charge in [0.25, 0.3) is 11.1 Å². The highest BCUT2D eigenvalue weighted by atomic mass is 79.9. The van der Waals surface area contributed by atoms with Crippen LogP contribution in [0.1, 0.15) is 12.5 Å². The highest BCUT2D eigenvalue weighted by molar-refractivity contribution is 9.10. The van der Waals surface area contributed by atoms with Gasteiger partial charge in [-0.15, -0.1) is 0 Å². The zero-order chi connectivity index (χ0) is 22.2. The maximum absolute atomic E-state index is 12.7. The summed E-state index contributed by atoms with van der Waals surface area (Å²) in [4.78, 5) is 26.6. The molecule has 0 saturated carbocycles. The number of carbonyl (C=O) groups is 2. The summed E-state index contributed by atoms with van der Waals surface area (Å²) in [6.07, 6.45) is 3.32. The summed E-state index contributed by atoms with van der Waals surface area (Å²) in [5.41, 5.74) is 0.715. The number of thioether (sulfide) groups is 1. The quantitative estimate of drug-likeness (QED) is 0.313. The van der Waals surface area contributed by atoms with Gasteiger partial charge in [0.15, 0.2) is 11.5 Å². The van der Waals surface area contributed by atoms with E-state index in [9.17, 15) is 9.59 Å². The lowest BCUT2D eigenvalue weighted by Crippen LogP contribution is -2.32. The van der Waals surface area contributed by atoms with Gasteiger partial charge < -0.3 is 14.2 Å². The van der Waals surface area contributed by atoms with Crippen molar-refractivity contribution in [3.63, 3.8) is 0 Å². The Balaban J connectivity index is 1.73. The molecule has 3 rings (SSSR count). The second-order valence-electron chi connectivity index (χ2n) is 6.36. The molecule has 0 N–H and O–H groups in total. The Labute approximate surface area is 194 Å². The molecule has 0 unspecified atom stereocenters. The predicted molar refractivity (Wildman–Crippen MR) is 126 cm³/mol. The molecule has 2 aromatic carbocycles. The molecular formula is C23H22BrNO5S. The van der Waals surface area contributed by atoms with Gasteiger partial charge in [-0.1, -0.05) is 30.9 Å². The number of carbonyl (C=O) groups excluding carboxylic acids is 2. The third-order valence-electron chi connectivity index (χ3n) is 4.18. The first-order valence-electron chi connectivity index (χ1n) is 9.66. The number of para-hydroxylation sites is 1. The van der Waals surface area contributed by atoms with E-state index >= 15 is 0 Å². The molecule has 1 aliphatic rings. The van der Waals surface area contributed by atoms with E-state index in [1.54, 1.807) is 18.2 Å². The summed E-state index contributed by atoms with van der Waals surface area (Å²) >= 11 is 4.40. The van der Waals surface area contributed by atoms with Gasteiger partial charge >= 0.3 is 0 Å². The van der Waals surface area contributed by atoms with Crippen LogP contribution in [0, 0.1) is 0 Å². The van der Waals surface area contributed by atoms with E-state index in [1.807, 2.05) is 43.3 Å². The molecule has 1 heterocycles. The SMILES string of the molecule is C=CCOc1c(Br)cc(/C=C2\SC(=O)N(CCOc3ccccc3)C2=O)cc1OCC. The molecule has 2 amide bonds. The summed E-state index contributed by atoms with van der Waals surface area (Å²) in [5, 5.41) is -0.317. The average Bonchev–Trinajstić information content (AvgIpc) is 3.01. The summed E-state index contributed by atoms with van der Waals surface area (Å²) in [6.45, 7) is 6.73. The zero-order valence-corrected chi connectivity index (χ0v) is 19.4. The number of benzene rings is 2. The van der Waals surface area contributed by atoms with Crippen LogP contribution in [0.5, 0.6) is 17.2 Å². The van der Waals surface area contributed by atoms with Crippen molar-refractivity contribution in [1.29, 1.82) is 0 Å². The molecule has 1 aliphatic heterocycles. The highest BCUT2D eigenvalue weighted by Crippen LogP contribution is 2.39. The van der Waals surface area contributed by atoms with Gasteiger partial charge in [-0.25, -0.2) is 0 Å². The molecule has 31 heavy (non-hydrogen) atoms. The molecule has 162 valence electrons. The van der Waals surface area contributed by atoms with E-state index in [1.165, 1.54) is 4.90 Å². The normalized spacial score (nSPS) is 14.8. The van der Waals surface area contributed by atoms with Gasteiger partial charge in [-0.2, -0.15) is 0 Å². The Morgan fingerprint density at radius 2 is 1.90 bits per heavy atom. The lowest BCUT2D eigenvalue weighted by Gasteiger charge is -2.14. The molecule has 0 radical (unpaired) electrons. The van der Waals surface area contributed by atoms with Crippen LogP contribution in [-0.2, 0) is 4.79 Å². The topological polar surface area (TPSA) is 65.1 Å². The van der Waals surface area contributed by atoms with Crippen LogP contribution in [0.25, 0.3) is 6.08 Å². The minimum atomic E-state index is -0.340. The van der Waals surface area contributed by atoms with Crippen molar-refractivity contribution in [1.82, 2.24) is 4.90 Å². The van der Waals surface area contributed by atoms with Crippen LogP contribution in [0.15, 0.2) is 64.5 Å². The third kappa shape index (κ3) is 5.92. The fourth-order valence-corrected chi connectivity index (χ4v) is 4.27. The number of hydrogen-bond donors (Lipinski definition) is 0. The zero-order valence-electron chi connectivity index (χ0n) is 17.0. The van der Waals surface area contributed by atoms with E-state index in [-0.39, 0.29) is 24.3 Å². The van der Waals surface area contributed by atoms with Gasteiger partial charge in [0.05, 0.1) is 22.5 Å². The van der Waals surface area contributed by atoms with E-state index in [2.05, 4.69) is 22.5 Å². The number of ether oxygens (including phenoxy) is 3. The number of hydrogen-bond acceptors (Lipinski definition) is 6. The molecule has 2 aromatic rings. The Kier molecular flexibility index (Phi) is 8.20. The smallest absolute Gasteiger partial charge is 0.293 e. The lowest BCUT2D eigenvalue weighted by molar-refractivity contribution is -0.123. The van der Waals surface area contributed by atoms with Crippen LogP contribution < -0.4 is 14.2 Å². The van der Waals surface area contributed by atoms with Crippen LogP contribution in [0.4, 0.5) is 4.79 Å². The molecule has 0 spiro atoms. The molecule has 0 aromatic heterocycles. The number of nitrogens with zero attached hydrogens (tertiary/aromatic N) is 1. The number of halogens is 1. The maximum Gasteiger partial charge on any atom is 0.293 e. The fraction of sp³-hybridized carbons (Fsp3) is 0.217. The van der Waals surface area contributed by atoms with Gasteiger partial charge in [0.1, 0.15) is 19.0 Å². The lowest BCUT2D eigenvalue weighted by atomic mass is 10.2. The minimum Gasteiger partial charge on any atom is -0.492 e. The molecular weight excluding hydrogens is 482 g/mol. The van der Waals surface area contributed by atoms with E-state index in [0.29, 0.717) is 45.4 Å². The molecule has 0 atom stereocenters. The highest BCUT2D eigenvalue weighted by Gasteiger charge is 2.34.